The predicted octanol–water partition coefficient (Wildman–Crippen LogP) is 5.18. The molecule has 0 spiro atoms. The van der Waals surface area contributed by atoms with Gasteiger partial charge in [0.1, 0.15) is 11.9 Å². The number of halogens is 3. The monoisotopic (exact) mass is 413 g/mol. The molecule has 0 saturated carbocycles. The third-order valence-electron chi connectivity index (χ3n) is 4.74. The highest BCUT2D eigenvalue weighted by Crippen LogP contribution is 2.42. The zero-order chi connectivity index (χ0) is 19.7. The van der Waals surface area contributed by atoms with Crippen LogP contribution in [-0.4, -0.2) is 27.9 Å². The van der Waals surface area contributed by atoms with E-state index in [4.69, 9.17) is 27.9 Å². The van der Waals surface area contributed by atoms with E-state index >= 15 is 0 Å². The molecule has 27 heavy (non-hydrogen) atoms. The van der Waals surface area contributed by atoms with Gasteiger partial charge >= 0.3 is 5.97 Å². The van der Waals surface area contributed by atoms with Gasteiger partial charge in [0.05, 0.1) is 28.3 Å². The van der Waals surface area contributed by atoms with E-state index in [1.165, 1.54) is 12.1 Å². The normalized spacial score (nSPS) is 20.2. The highest BCUT2D eigenvalue weighted by atomic mass is 35.5. The second-order valence-corrected chi connectivity index (χ2v) is 7.93. The van der Waals surface area contributed by atoms with Crippen LogP contribution in [0, 0.1) is 5.82 Å². The topological polar surface area (TPSA) is 51.5 Å². The summed E-state index contributed by atoms with van der Waals surface area (Å²) in [5.74, 6) is -0.656. The van der Waals surface area contributed by atoms with Crippen LogP contribution in [-0.2, 0) is 16.1 Å². The number of esters is 1. The van der Waals surface area contributed by atoms with Crippen molar-refractivity contribution in [2.24, 2.45) is 0 Å². The Morgan fingerprint density at radius 2 is 2.07 bits per heavy atom. The first-order chi connectivity index (χ1) is 12.8. The number of cyclic esters (lactones) is 1. The molecule has 1 aromatic carbocycles. The lowest BCUT2D eigenvalue weighted by Crippen LogP contribution is -2.33. The van der Waals surface area contributed by atoms with Crippen LogP contribution in [0.25, 0.3) is 11.3 Å². The summed E-state index contributed by atoms with van der Waals surface area (Å²) in [5.41, 5.74) is 2.13. The number of ether oxygens (including phenoxy) is 1. The fourth-order valence-corrected chi connectivity index (χ4v) is 4.32. The number of nitrogens with zero attached hydrogens (tertiary/aromatic N) is 1. The maximum Gasteiger partial charge on any atom is 0.308 e. The Kier molecular flexibility index (Phi) is 6.14. The highest BCUT2D eigenvalue weighted by Gasteiger charge is 2.29. The molecule has 7 heteroatoms. The number of rotatable bonds is 5. The number of carbonyl (C=O) groups is 1. The van der Waals surface area contributed by atoms with Gasteiger partial charge in [-0.2, -0.15) is 0 Å². The molecule has 0 bridgehead atoms. The number of carbonyl (C=O) groups excluding carboxylic acids is 1. The van der Waals surface area contributed by atoms with Gasteiger partial charge in [-0.25, -0.2) is 4.39 Å². The summed E-state index contributed by atoms with van der Waals surface area (Å²) in [7, 11) is 0. The zero-order valence-electron chi connectivity index (χ0n) is 15.2. The Morgan fingerprint density at radius 1 is 1.33 bits per heavy atom. The van der Waals surface area contributed by atoms with Gasteiger partial charge in [0.2, 0.25) is 0 Å². The number of benzene rings is 1. The van der Waals surface area contributed by atoms with Gasteiger partial charge < -0.3 is 14.4 Å². The van der Waals surface area contributed by atoms with Crippen LogP contribution in [0.5, 0.6) is 0 Å². The predicted molar refractivity (Wildman–Crippen MR) is 104 cm³/mol. The van der Waals surface area contributed by atoms with Crippen molar-refractivity contribution >= 4 is 29.2 Å². The van der Waals surface area contributed by atoms with E-state index in [9.17, 15) is 14.3 Å². The van der Waals surface area contributed by atoms with Crippen LogP contribution in [0.3, 0.4) is 0 Å². The summed E-state index contributed by atoms with van der Waals surface area (Å²) < 4.78 is 21.1. The zero-order valence-corrected chi connectivity index (χ0v) is 16.7. The van der Waals surface area contributed by atoms with Crippen LogP contribution in [0.15, 0.2) is 24.3 Å². The van der Waals surface area contributed by atoms with Crippen molar-refractivity contribution < 1.29 is 19.0 Å². The molecule has 0 radical (unpaired) electrons. The molecule has 2 unspecified atom stereocenters. The van der Waals surface area contributed by atoms with E-state index < -0.39 is 12.1 Å². The van der Waals surface area contributed by atoms with Crippen molar-refractivity contribution in [3.63, 3.8) is 0 Å². The largest absolute Gasteiger partial charge is 0.462 e. The summed E-state index contributed by atoms with van der Waals surface area (Å²) in [6.45, 7) is 4.50. The van der Waals surface area contributed by atoms with Crippen LogP contribution >= 0.6 is 23.2 Å². The molecular formula is C20H22Cl2FNO3. The Bertz CT molecular complexity index is 850. The van der Waals surface area contributed by atoms with E-state index in [-0.39, 0.29) is 24.3 Å². The fourth-order valence-electron chi connectivity index (χ4n) is 3.60. The second kappa shape index (κ2) is 8.21. The standard InChI is InChI=1S/C20H22Cl2FNO3/c1-11(2)19-17(21)18(22)20(12-4-3-5-13(23)8-12)24(19)7-6-15-9-14(25)10-16(26)27-15/h3-5,8,11,14-15,25H,6-7,9-10H2,1-2H3. The number of aliphatic hydroxyl groups excluding tert-OH is 1. The minimum Gasteiger partial charge on any atom is -0.462 e. The third-order valence-corrected chi connectivity index (χ3v) is 5.59. The van der Waals surface area contributed by atoms with Crippen LogP contribution in [0.2, 0.25) is 10.0 Å². The molecule has 2 atom stereocenters. The summed E-state index contributed by atoms with van der Waals surface area (Å²) in [5, 5.41) is 10.6. The Hall–Kier alpha value is -1.56. The molecule has 1 aliphatic rings. The number of hydrogen-bond acceptors (Lipinski definition) is 3. The van der Waals surface area contributed by atoms with E-state index in [2.05, 4.69) is 0 Å². The molecule has 1 fully saturated rings. The van der Waals surface area contributed by atoms with Gasteiger partial charge in [0.15, 0.2) is 0 Å². The molecule has 1 aliphatic heterocycles. The van der Waals surface area contributed by atoms with E-state index in [0.29, 0.717) is 40.7 Å². The maximum atomic E-state index is 13.8. The molecule has 3 rings (SSSR count). The molecule has 1 N–H and O–H groups in total. The van der Waals surface area contributed by atoms with Gasteiger partial charge in [-0.3, -0.25) is 4.79 Å². The third kappa shape index (κ3) is 4.31. The minimum atomic E-state index is -0.680. The first kappa shape index (κ1) is 20.2. The Morgan fingerprint density at radius 3 is 2.70 bits per heavy atom. The smallest absolute Gasteiger partial charge is 0.308 e. The average Bonchev–Trinajstić information content (AvgIpc) is 2.83. The fraction of sp³-hybridized carbons (Fsp3) is 0.450. The maximum absolute atomic E-state index is 13.8. The van der Waals surface area contributed by atoms with Gasteiger partial charge in [-0.05, 0) is 18.1 Å². The van der Waals surface area contributed by atoms with E-state index in [1.807, 2.05) is 18.4 Å². The number of hydrogen-bond donors (Lipinski definition) is 1. The molecule has 1 saturated heterocycles. The lowest BCUT2D eigenvalue weighted by molar-refractivity contribution is -0.160. The molecule has 2 aromatic rings. The van der Waals surface area contributed by atoms with Crippen molar-refractivity contribution in [2.45, 2.75) is 57.8 Å². The number of aliphatic hydroxyl groups is 1. The molecule has 146 valence electrons. The van der Waals surface area contributed by atoms with Gasteiger partial charge in [0.25, 0.3) is 0 Å². The van der Waals surface area contributed by atoms with Gasteiger partial charge in [-0.15, -0.1) is 0 Å². The molecule has 2 heterocycles. The summed E-state index contributed by atoms with van der Waals surface area (Å²) >= 11 is 13.0. The molecule has 4 nitrogen and oxygen atoms in total. The second-order valence-electron chi connectivity index (χ2n) is 7.17. The van der Waals surface area contributed by atoms with Crippen LogP contribution in [0.4, 0.5) is 4.39 Å². The van der Waals surface area contributed by atoms with Crippen molar-refractivity contribution in [1.82, 2.24) is 4.57 Å². The van der Waals surface area contributed by atoms with E-state index in [1.54, 1.807) is 12.1 Å². The van der Waals surface area contributed by atoms with Gasteiger partial charge in [-0.1, -0.05) is 49.2 Å². The summed E-state index contributed by atoms with van der Waals surface area (Å²) in [6.07, 6.45) is -0.113. The molecular weight excluding hydrogens is 392 g/mol. The molecule has 1 aromatic heterocycles. The average molecular weight is 414 g/mol. The summed E-state index contributed by atoms with van der Waals surface area (Å²) in [6, 6.07) is 6.20. The molecule has 0 aliphatic carbocycles. The molecule has 0 amide bonds. The van der Waals surface area contributed by atoms with Crippen molar-refractivity contribution in [3.05, 3.63) is 45.8 Å². The highest BCUT2D eigenvalue weighted by molar-refractivity contribution is 6.44. The number of aromatic nitrogens is 1. The van der Waals surface area contributed by atoms with Crippen molar-refractivity contribution in [3.8, 4) is 11.3 Å². The Balaban J connectivity index is 1.97. The SMILES string of the molecule is CC(C)c1c(Cl)c(Cl)c(-c2cccc(F)c2)n1CCC1CC(O)CC(=O)O1. The van der Waals surface area contributed by atoms with Crippen LogP contribution in [0.1, 0.15) is 44.7 Å². The minimum absolute atomic E-state index is 0.0312. The Labute approximate surface area is 167 Å². The quantitative estimate of drug-likeness (QED) is 0.686. The van der Waals surface area contributed by atoms with Crippen molar-refractivity contribution in [1.29, 1.82) is 0 Å². The van der Waals surface area contributed by atoms with Crippen LogP contribution < -0.4 is 0 Å². The first-order valence-electron chi connectivity index (χ1n) is 8.98. The van der Waals surface area contributed by atoms with Gasteiger partial charge in [0, 0.05) is 30.6 Å². The lowest BCUT2D eigenvalue weighted by atomic mass is 10.0. The first-order valence-corrected chi connectivity index (χ1v) is 9.74. The van der Waals surface area contributed by atoms with E-state index in [0.717, 1.165) is 5.69 Å². The summed E-state index contributed by atoms with van der Waals surface area (Å²) in [4.78, 5) is 11.6. The van der Waals surface area contributed by atoms with Crippen molar-refractivity contribution in [2.75, 3.05) is 0 Å². The lowest BCUT2D eigenvalue weighted by Gasteiger charge is -2.27.